The standard InChI is InChI=1S/C72H76O24P4S4/c1-69(2)29-85-97(101,86-30-69)93-41-17-9-13-37(21-41)53-45-25-47(59(75)65(81)57(45)73)54(38-14-10-18-42(22-38)94-98(102)87-31-70(3,4)32-88-98)49-27-51(63(79)67(83)61(49)77)56(40-16-12-20-44(24-40)96-100(104)91-35-72(7,8)36-92-100)52-28-50(62(78)68(84)64(52)80)55(48-26-46(53)58(74)66(82)60(48)76)39-15-11-19-43(23-39)95-99(103)89-33-71(5,6)34-90-99/h9-28,53-56,73-84H,29-36H2,1-8H3. The molecule has 32 heteroatoms. The van der Waals surface area contributed by atoms with E-state index >= 15 is 0 Å². The summed E-state index contributed by atoms with van der Waals surface area (Å²) in [5, 5.41) is 153. The van der Waals surface area contributed by atoms with E-state index in [-0.39, 0.29) is 143 Å². The van der Waals surface area contributed by atoms with Gasteiger partial charge in [-0.15, -0.1) is 0 Å². The molecule has 8 aromatic carbocycles. The molecule has 552 valence electrons. The van der Waals surface area contributed by atoms with Crippen molar-refractivity contribution in [3.63, 3.8) is 0 Å². The monoisotopic (exact) mass is 1580 g/mol. The Morgan fingerprint density at radius 1 is 0.260 bits per heavy atom. The molecular formula is C72H76O24P4S4. The zero-order chi connectivity index (χ0) is 74.8. The van der Waals surface area contributed by atoms with Gasteiger partial charge in [-0.05, 0) is 95.1 Å². The first-order valence-electron chi connectivity index (χ1n) is 32.6. The average molecular weight is 1580 g/mol. The lowest BCUT2D eigenvalue weighted by Gasteiger charge is -2.35. The van der Waals surface area contributed by atoms with Gasteiger partial charge in [-0.1, -0.05) is 104 Å². The number of benzene rings is 8. The second-order valence-electron chi connectivity index (χ2n) is 29.4. The summed E-state index contributed by atoms with van der Waals surface area (Å²) in [6, 6.07) is 28.9. The van der Waals surface area contributed by atoms with Gasteiger partial charge in [0, 0.05) is 137 Å². The topological polar surface area (TPSA) is 354 Å². The smallest absolute Gasteiger partial charge is 0.380 e. The van der Waals surface area contributed by atoms with E-state index in [1.54, 1.807) is 0 Å². The highest BCUT2D eigenvalue weighted by atomic mass is 32.5. The fraction of sp³-hybridized carbons (Fsp3) is 0.333. The number of phenols is 12. The highest BCUT2D eigenvalue weighted by Gasteiger charge is 2.44. The van der Waals surface area contributed by atoms with Crippen LogP contribution in [0.2, 0.25) is 0 Å². The van der Waals surface area contributed by atoms with Gasteiger partial charge in [0.1, 0.15) is 23.0 Å². The molecule has 0 radical (unpaired) electrons. The van der Waals surface area contributed by atoms with E-state index < -0.39 is 141 Å². The van der Waals surface area contributed by atoms with E-state index in [4.69, 9.17) is 102 Å². The molecular weight excluding hydrogens is 1500 g/mol. The molecule has 0 spiro atoms. The molecule has 24 nitrogen and oxygen atoms in total. The van der Waals surface area contributed by atoms with Crippen LogP contribution >= 0.6 is 26.9 Å². The Balaban J connectivity index is 1.13. The van der Waals surface area contributed by atoms with Crippen LogP contribution in [0, 0.1) is 21.7 Å². The molecule has 0 atom stereocenters. The number of aromatic hydroxyl groups is 12. The predicted molar refractivity (Wildman–Crippen MR) is 398 cm³/mol. The van der Waals surface area contributed by atoms with Gasteiger partial charge < -0.3 is 79.4 Å². The van der Waals surface area contributed by atoms with E-state index in [0.29, 0.717) is 0 Å². The SMILES string of the molecule is CC1(C)COP(=S)(Oc2cccc(C3c4cc(c(O)c(O)c4O)C(c4cccc(OP5(=S)OCC(C)(C)CO5)c4)c4cc(c(O)c(O)c4O)C(c4cccc(OP5(=S)OCC(C)(C)CO5)c4)c4cc(c(O)c(O)c4O)C(c4cccc(OP5(=S)OCC(C)(C)CO5)c4)c4cc3c(O)c(O)c4O)c2)OC1. The lowest BCUT2D eigenvalue weighted by Crippen LogP contribution is -2.30. The first kappa shape index (κ1) is 75.1. The Kier molecular flexibility index (Phi) is 19.9. The van der Waals surface area contributed by atoms with Crippen LogP contribution in [0.25, 0.3) is 0 Å². The van der Waals surface area contributed by atoms with Crippen LogP contribution in [0.5, 0.6) is 92.0 Å². The van der Waals surface area contributed by atoms with E-state index in [0.717, 1.165) is 0 Å². The largest absolute Gasteiger partial charge is 0.504 e. The van der Waals surface area contributed by atoms with Crippen LogP contribution in [-0.2, 0) is 83.4 Å². The van der Waals surface area contributed by atoms with E-state index in [9.17, 15) is 61.3 Å². The Labute approximate surface area is 619 Å². The molecule has 4 heterocycles. The highest BCUT2D eigenvalue weighted by molar-refractivity contribution is 8.08. The average Bonchev–Trinajstić information content (AvgIpc) is 0.733. The zero-order valence-electron chi connectivity index (χ0n) is 57.2. The molecule has 104 heavy (non-hydrogen) atoms. The molecule has 13 rings (SSSR count). The maximum Gasteiger partial charge on any atom is 0.380 e. The van der Waals surface area contributed by atoms with Gasteiger partial charge >= 0.3 is 26.9 Å². The Bertz CT molecular complexity index is 4210. The van der Waals surface area contributed by atoms with Gasteiger partial charge in [-0.25, -0.2) is 0 Å². The Morgan fingerprint density at radius 3 is 0.567 bits per heavy atom. The van der Waals surface area contributed by atoms with Crippen molar-refractivity contribution in [3.8, 4) is 92.0 Å². The normalized spacial score (nSPS) is 22.5. The molecule has 1 aliphatic carbocycles. The van der Waals surface area contributed by atoms with Crippen LogP contribution in [0.15, 0.2) is 121 Å². The maximum atomic E-state index is 12.8. The molecule has 12 N–H and O–H groups in total. The number of rotatable bonds is 12. The summed E-state index contributed by atoms with van der Waals surface area (Å²) in [6.07, 6.45) is 0. The molecule has 4 saturated heterocycles. The van der Waals surface area contributed by atoms with Crippen molar-refractivity contribution in [2.24, 2.45) is 21.7 Å². The second kappa shape index (κ2) is 27.6. The predicted octanol–water partition coefficient (Wildman–Crippen LogP) is 15.9. The lowest BCUT2D eigenvalue weighted by atomic mass is 9.74. The van der Waals surface area contributed by atoms with Gasteiger partial charge in [0.15, 0.2) is 46.0 Å². The zero-order valence-corrected chi connectivity index (χ0v) is 64.0. The quantitative estimate of drug-likeness (QED) is 0.0399. The van der Waals surface area contributed by atoms with Crippen molar-refractivity contribution in [2.45, 2.75) is 79.1 Å². The molecule has 0 saturated carbocycles. The third-order valence-corrected chi connectivity index (χ3v) is 27.0. The van der Waals surface area contributed by atoms with E-state index in [1.807, 2.05) is 55.4 Å². The van der Waals surface area contributed by atoms with Crippen molar-refractivity contribution < 1.29 is 116 Å². The van der Waals surface area contributed by atoms with E-state index in [1.165, 1.54) is 121 Å². The first-order valence-corrected chi connectivity index (χ1v) is 42.8. The molecule has 8 aromatic rings. The van der Waals surface area contributed by atoms with Gasteiger partial charge in [-0.3, -0.25) is 36.2 Å². The summed E-state index contributed by atoms with van der Waals surface area (Å²) in [7, 11) is 0. The minimum Gasteiger partial charge on any atom is -0.504 e. The number of hydrogen-bond acceptors (Lipinski definition) is 28. The number of phenolic OH excluding ortho intramolecular Hbond substituents is 12. The van der Waals surface area contributed by atoms with Crippen LogP contribution < -0.4 is 18.1 Å². The first-order chi connectivity index (χ1) is 48.8. The molecule has 0 aromatic heterocycles. The minimum atomic E-state index is -3.57. The van der Waals surface area contributed by atoms with E-state index in [2.05, 4.69) is 0 Å². The lowest BCUT2D eigenvalue weighted by molar-refractivity contribution is 0.0405. The fourth-order valence-corrected chi connectivity index (χ4v) is 21.3. The Morgan fingerprint density at radius 2 is 0.413 bits per heavy atom. The molecule has 0 unspecified atom stereocenters. The molecule has 8 bridgehead atoms. The fourth-order valence-electron chi connectivity index (χ4n) is 12.7. The molecule has 0 amide bonds. The highest BCUT2D eigenvalue weighted by Crippen LogP contribution is 2.64. The van der Waals surface area contributed by atoms with Crippen LogP contribution in [0.1, 0.15) is 146 Å². The van der Waals surface area contributed by atoms with Gasteiger partial charge in [0.2, 0.25) is 23.0 Å². The third kappa shape index (κ3) is 14.9. The second-order valence-corrected chi connectivity index (χ2v) is 41.2. The molecule has 4 fully saturated rings. The summed E-state index contributed by atoms with van der Waals surface area (Å²) >= 11 is 23.5. The van der Waals surface area contributed by atoms with Gasteiger partial charge in [0.05, 0.1) is 52.9 Å². The van der Waals surface area contributed by atoms with Crippen LogP contribution in [0.3, 0.4) is 0 Å². The van der Waals surface area contributed by atoms with Gasteiger partial charge in [0.25, 0.3) is 0 Å². The summed E-state index contributed by atoms with van der Waals surface area (Å²) in [5.41, 5.74) is -4.59. The van der Waals surface area contributed by atoms with Crippen molar-refractivity contribution >= 4 is 74.1 Å². The van der Waals surface area contributed by atoms with Crippen molar-refractivity contribution in [2.75, 3.05) is 52.9 Å². The van der Waals surface area contributed by atoms with Crippen molar-refractivity contribution in [1.29, 1.82) is 0 Å². The summed E-state index contributed by atoms with van der Waals surface area (Å²) in [6.45, 7) is 2.32. The third-order valence-electron chi connectivity index (χ3n) is 18.3. The molecule has 5 aliphatic rings. The summed E-state index contributed by atoms with van der Waals surface area (Å²) < 4.78 is 74.1. The van der Waals surface area contributed by atoms with Crippen molar-refractivity contribution in [1.82, 2.24) is 0 Å². The number of fused-ring (bicyclic) bond motifs is 8. The summed E-state index contributed by atoms with van der Waals surface area (Å²) in [5.74, 6) is -19.9. The minimum absolute atomic E-state index is 0.0202. The van der Waals surface area contributed by atoms with Crippen molar-refractivity contribution in [3.05, 3.63) is 188 Å². The van der Waals surface area contributed by atoms with Crippen LogP contribution in [-0.4, -0.2) is 114 Å². The number of hydrogen-bond donors (Lipinski definition) is 12. The van der Waals surface area contributed by atoms with Crippen LogP contribution in [0.4, 0.5) is 0 Å². The molecule has 4 aliphatic heterocycles. The Hall–Kier alpha value is -7.16. The maximum absolute atomic E-state index is 12.8. The summed E-state index contributed by atoms with van der Waals surface area (Å²) in [4.78, 5) is 0. The van der Waals surface area contributed by atoms with Gasteiger partial charge in [-0.2, -0.15) is 0 Å².